The average Bonchev–Trinajstić information content (AvgIpc) is 2.45. The van der Waals surface area contributed by atoms with Crippen molar-refractivity contribution >= 4 is 11.8 Å². The van der Waals surface area contributed by atoms with E-state index in [1.807, 2.05) is 19.9 Å². The van der Waals surface area contributed by atoms with E-state index in [1.54, 1.807) is 0 Å². The van der Waals surface area contributed by atoms with E-state index in [-0.39, 0.29) is 6.42 Å². The summed E-state index contributed by atoms with van der Waals surface area (Å²) in [6.45, 7) is 7.57. The number of hydrogen-bond acceptors (Lipinski definition) is 5. The number of rotatable bonds is 4. The van der Waals surface area contributed by atoms with Crippen LogP contribution in [-0.4, -0.2) is 53.7 Å². The fourth-order valence-electron chi connectivity index (χ4n) is 2.62. The number of nitrogens with zero attached hydrogens (tertiary/aromatic N) is 4. The van der Waals surface area contributed by atoms with Gasteiger partial charge < -0.3 is 10.0 Å². The Kier molecular flexibility index (Phi) is 4.76. The standard InChI is InChI=1S/C15H20N4O2/c1-11-9-12(2)17-15(13(11)10-16)19-7-5-18(6-8-19)4-3-14(20)21/h9H,3-8H2,1-2H3,(H,20,21). The van der Waals surface area contributed by atoms with Gasteiger partial charge in [0.2, 0.25) is 0 Å². The quantitative estimate of drug-likeness (QED) is 0.895. The Morgan fingerprint density at radius 2 is 2.05 bits per heavy atom. The fourth-order valence-corrected chi connectivity index (χ4v) is 2.62. The first kappa shape index (κ1) is 15.3. The molecular formula is C15H20N4O2. The second-order valence-corrected chi connectivity index (χ2v) is 5.36. The molecule has 0 unspecified atom stereocenters. The summed E-state index contributed by atoms with van der Waals surface area (Å²) < 4.78 is 0. The molecule has 1 aliphatic heterocycles. The van der Waals surface area contributed by atoms with Gasteiger partial charge >= 0.3 is 5.97 Å². The molecule has 0 atom stereocenters. The zero-order valence-corrected chi connectivity index (χ0v) is 12.5. The van der Waals surface area contributed by atoms with Gasteiger partial charge in [-0.05, 0) is 25.5 Å². The number of hydrogen-bond donors (Lipinski definition) is 1. The van der Waals surface area contributed by atoms with Crippen LogP contribution in [0.1, 0.15) is 23.2 Å². The van der Waals surface area contributed by atoms with Gasteiger partial charge in [-0.1, -0.05) is 0 Å². The minimum absolute atomic E-state index is 0.172. The summed E-state index contributed by atoms with van der Waals surface area (Å²) >= 11 is 0. The van der Waals surface area contributed by atoms with Crippen LogP contribution < -0.4 is 4.90 Å². The maximum absolute atomic E-state index is 10.6. The molecule has 1 aromatic rings. The van der Waals surface area contributed by atoms with Gasteiger partial charge in [-0.25, -0.2) is 4.98 Å². The van der Waals surface area contributed by atoms with Crippen LogP contribution >= 0.6 is 0 Å². The Morgan fingerprint density at radius 3 is 2.62 bits per heavy atom. The third-order valence-corrected chi connectivity index (χ3v) is 3.75. The topological polar surface area (TPSA) is 80.5 Å². The Balaban J connectivity index is 2.06. The zero-order valence-electron chi connectivity index (χ0n) is 12.5. The molecule has 1 aliphatic rings. The summed E-state index contributed by atoms with van der Waals surface area (Å²) in [6, 6.07) is 4.17. The zero-order chi connectivity index (χ0) is 15.4. The van der Waals surface area contributed by atoms with Crippen molar-refractivity contribution in [3.8, 4) is 6.07 Å². The first-order chi connectivity index (χ1) is 10.0. The third kappa shape index (κ3) is 3.70. The number of nitriles is 1. The van der Waals surface area contributed by atoms with Crippen LogP contribution in [-0.2, 0) is 4.79 Å². The van der Waals surface area contributed by atoms with Gasteiger partial charge in [0.05, 0.1) is 12.0 Å². The SMILES string of the molecule is Cc1cc(C)c(C#N)c(N2CCN(CCC(=O)O)CC2)n1. The normalized spacial score (nSPS) is 15.8. The summed E-state index contributed by atoms with van der Waals surface area (Å²) in [7, 11) is 0. The summed E-state index contributed by atoms with van der Waals surface area (Å²) in [5.74, 6) is -0.00643. The number of carboxylic acids is 1. The summed E-state index contributed by atoms with van der Waals surface area (Å²) in [4.78, 5) is 19.4. The largest absolute Gasteiger partial charge is 0.481 e. The lowest BCUT2D eigenvalue weighted by Crippen LogP contribution is -2.47. The van der Waals surface area contributed by atoms with Crippen LogP contribution in [0.25, 0.3) is 0 Å². The smallest absolute Gasteiger partial charge is 0.304 e. The van der Waals surface area contributed by atoms with Crippen LogP contribution in [0.15, 0.2) is 6.07 Å². The summed E-state index contributed by atoms with van der Waals surface area (Å²) in [5.41, 5.74) is 2.50. The highest BCUT2D eigenvalue weighted by Gasteiger charge is 2.21. The lowest BCUT2D eigenvalue weighted by atomic mass is 10.1. The molecule has 0 saturated carbocycles. The maximum atomic E-state index is 10.6. The molecule has 0 aromatic carbocycles. The molecule has 1 N–H and O–H groups in total. The van der Waals surface area contributed by atoms with E-state index < -0.39 is 5.97 Å². The molecule has 1 saturated heterocycles. The summed E-state index contributed by atoms with van der Waals surface area (Å²) in [5, 5.41) is 18.0. The van der Waals surface area contributed by atoms with E-state index in [9.17, 15) is 10.1 Å². The summed E-state index contributed by atoms with van der Waals surface area (Å²) in [6.07, 6.45) is 0.172. The molecule has 21 heavy (non-hydrogen) atoms. The van der Waals surface area contributed by atoms with Gasteiger partial charge in [0.1, 0.15) is 11.9 Å². The average molecular weight is 288 g/mol. The molecule has 6 heteroatoms. The van der Waals surface area contributed by atoms with Crippen LogP contribution in [0.5, 0.6) is 0 Å². The van der Waals surface area contributed by atoms with Crippen molar-refractivity contribution in [1.82, 2.24) is 9.88 Å². The van der Waals surface area contributed by atoms with Gasteiger partial charge in [0.25, 0.3) is 0 Å². The molecule has 6 nitrogen and oxygen atoms in total. The number of pyridine rings is 1. The number of carboxylic acid groups (broad SMARTS) is 1. The molecule has 0 bridgehead atoms. The van der Waals surface area contributed by atoms with Crippen LogP contribution in [0, 0.1) is 25.2 Å². The van der Waals surface area contributed by atoms with Gasteiger partial charge in [0.15, 0.2) is 0 Å². The fraction of sp³-hybridized carbons (Fsp3) is 0.533. The Hall–Kier alpha value is -2.13. The second kappa shape index (κ2) is 6.55. The van der Waals surface area contributed by atoms with Gasteiger partial charge in [-0.15, -0.1) is 0 Å². The Bertz CT molecular complexity index is 572. The van der Waals surface area contributed by atoms with Crippen LogP contribution in [0.2, 0.25) is 0 Å². The van der Waals surface area contributed by atoms with E-state index in [1.165, 1.54) is 0 Å². The van der Waals surface area contributed by atoms with E-state index >= 15 is 0 Å². The molecule has 0 amide bonds. The lowest BCUT2D eigenvalue weighted by Gasteiger charge is -2.35. The third-order valence-electron chi connectivity index (χ3n) is 3.75. The predicted molar refractivity (Wildman–Crippen MR) is 79.3 cm³/mol. The van der Waals surface area contributed by atoms with Crippen LogP contribution in [0.3, 0.4) is 0 Å². The number of aromatic nitrogens is 1. The van der Waals surface area contributed by atoms with E-state index in [2.05, 4.69) is 20.9 Å². The monoisotopic (exact) mass is 288 g/mol. The first-order valence-corrected chi connectivity index (χ1v) is 7.08. The Labute approximate surface area is 124 Å². The minimum Gasteiger partial charge on any atom is -0.481 e. The number of aliphatic carboxylic acids is 1. The molecule has 2 rings (SSSR count). The molecule has 1 aromatic heterocycles. The van der Waals surface area contributed by atoms with Crippen molar-refractivity contribution in [1.29, 1.82) is 5.26 Å². The van der Waals surface area contributed by atoms with E-state index in [4.69, 9.17) is 5.11 Å². The molecule has 2 heterocycles. The lowest BCUT2D eigenvalue weighted by molar-refractivity contribution is -0.137. The van der Waals surface area contributed by atoms with Crippen molar-refractivity contribution in [2.75, 3.05) is 37.6 Å². The Morgan fingerprint density at radius 1 is 1.38 bits per heavy atom. The molecule has 0 spiro atoms. The van der Waals surface area contributed by atoms with Crippen molar-refractivity contribution in [3.05, 3.63) is 22.9 Å². The minimum atomic E-state index is -0.764. The number of carbonyl (C=O) groups is 1. The molecule has 0 aliphatic carbocycles. The second-order valence-electron chi connectivity index (χ2n) is 5.36. The number of anilines is 1. The van der Waals surface area contributed by atoms with Crippen molar-refractivity contribution < 1.29 is 9.90 Å². The van der Waals surface area contributed by atoms with E-state index in [0.29, 0.717) is 12.1 Å². The molecular weight excluding hydrogens is 268 g/mol. The molecule has 1 fully saturated rings. The van der Waals surface area contributed by atoms with Crippen molar-refractivity contribution in [2.45, 2.75) is 20.3 Å². The van der Waals surface area contributed by atoms with Gasteiger partial charge in [0, 0.05) is 38.4 Å². The van der Waals surface area contributed by atoms with Crippen molar-refractivity contribution in [2.24, 2.45) is 0 Å². The highest BCUT2D eigenvalue weighted by Crippen LogP contribution is 2.22. The molecule has 112 valence electrons. The van der Waals surface area contributed by atoms with Gasteiger partial charge in [-0.3, -0.25) is 9.69 Å². The maximum Gasteiger partial charge on any atom is 0.304 e. The highest BCUT2D eigenvalue weighted by atomic mass is 16.4. The first-order valence-electron chi connectivity index (χ1n) is 7.08. The van der Waals surface area contributed by atoms with Gasteiger partial charge in [-0.2, -0.15) is 5.26 Å². The number of aryl methyl sites for hydroxylation is 2. The number of piperazine rings is 1. The highest BCUT2D eigenvalue weighted by molar-refractivity contribution is 5.66. The van der Waals surface area contributed by atoms with E-state index in [0.717, 1.165) is 43.3 Å². The van der Waals surface area contributed by atoms with Crippen molar-refractivity contribution in [3.63, 3.8) is 0 Å². The molecule has 0 radical (unpaired) electrons. The van der Waals surface area contributed by atoms with Crippen LogP contribution in [0.4, 0.5) is 5.82 Å². The predicted octanol–water partition coefficient (Wildman–Crippen LogP) is 1.17.